The van der Waals surface area contributed by atoms with Crippen LogP contribution in [0.25, 0.3) is 0 Å². The molecule has 5 heteroatoms. The van der Waals surface area contributed by atoms with Crippen LogP contribution in [0.4, 0.5) is 0 Å². The van der Waals surface area contributed by atoms with E-state index in [4.69, 9.17) is 16.3 Å². The Morgan fingerprint density at radius 3 is 2.73 bits per heavy atom. The highest BCUT2D eigenvalue weighted by Crippen LogP contribution is 1.95. The van der Waals surface area contributed by atoms with Gasteiger partial charge in [-0.05, 0) is 6.42 Å². The Hall–Kier alpha value is -1.54. The van der Waals surface area contributed by atoms with Crippen LogP contribution >= 0.6 is 0 Å². The summed E-state index contributed by atoms with van der Waals surface area (Å²) >= 11 is 0. The highest BCUT2D eigenvalue weighted by Gasteiger charge is 2.17. The van der Waals surface area contributed by atoms with E-state index in [1.54, 1.807) is 0 Å². The van der Waals surface area contributed by atoms with E-state index in [1.807, 2.05) is 0 Å². The summed E-state index contributed by atoms with van der Waals surface area (Å²) < 4.78 is 4.76. The van der Waals surface area contributed by atoms with Gasteiger partial charge in [0, 0.05) is 26.6 Å². The maximum absolute atomic E-state index is 11.2. The van der Waals surface area contributed by atoms with Crippen LogP contribution in [0.3, 0.4) is 0 Å². The number of rotatable bonds is 7. The lowest BCUT2D eigenvalue weighted by Crippen LogP contribution is -2.40. The summed E-state index contributed by atoms with van der Waals surface area (Å²) in [5.41, 5.74) is 0. The molecule has 0 aromatic rings. The van der Waals surface area contributed by atoms with Crippen LogP contribution in [-0.2, 0) is 14.3 Å². The topological polar surface area (TPSA) is 75.6 Å². The first-order valence-corrected chi connectivity index (χ1v) is 4.56. The molecule has 5 nitrogen and oxygen atoms in total. The van der Waals surface area contributed by atoms with Crippen LogP contribution in [0.1, 0.15) is 19.3 Å². The van der Waals surface area contributed by atoms with E-state index in [9.17, 15) is 9.59 Å². The van der Waals surface area contributed by atoms with Gasteiger partial charge in [0.25, 0.3) is 0 Å². The first-order valence-electron chi connectivity index (χ1n) is 4.56. The third-order valence-electron chi connectivity index (χ3n) is 1.71. The Labute approximate surface area is 88.8 Å². The fourth-order valence-corrected chi connectivity index (χ4v) is 0.961. The van der Waals surface area contributed by atoms with E-state index in [0.29, 0.717) is 13.0 Å². The van der Waals surface area contributed by atoms with Crippen LogP contribution in [-0.4, -0.2) is 36.7 Å². The summed E-state index contributed by atoms with van der Waals surface area (Å²) in [4.78, 5) is 21.8. The van der Waals surface area contributed by atoms with Crippen molar-refractivity contribution in [1.82, 2.24) is 5.32 Å². The molecule has 0 bridgehead atoms. The third-order valence-corrected chi connectivity index (χ3v) is 1.71. The zero-order valence-electron chi connectivity index (χ0n) is 8.66. The van der Waals surface area contributed by atoms with Gasteiger partial charge in [-0.2, -0.15) is 0 Å². The number of carboxylic acid groups (broad SMARTS) is 1. The van der Waals surface area contributed by atoms with Crippen molar-refractivity contribution in [3.05, 3.63) is 0 Å². The van der Waals surface area contributed by atoms with Crippen molar-refractivity contribution in [3.8, 4) is 12.3 Å². The molecule has 2 N–H and O–H groups in total. The molecule has 1 amide bonds. The van der Waals surface area contributed by atoms with Crippen molar-refractivity contribution in [3.63, 3.8) is 0 Å². The summed E-state index contributed by atoms with van der Waals surface area (Å²) in [6.07, 6.45) is 5.77. The number of hydrogen-bond donors (Lipinski definition) is 2. The number of aliphatic carboxylic acids is 1. The predicted octanol–water partition coefficient (Wildman–Crippen LogP) is 0.00570. The van der Waals surface area contributed by atoms with Gasteiger partial charge >= 0.3 is 5.97 Å². The van der Waals surface area contributed by atoms with Crippen LogP contribution in [0.15, 0.2) is 0 Å². The Bertz CT molecular complexity index is 257. The maximum Gasteiger partial charge on any atom is 0.327 e. The number of amides is 1. The van der Waals surface area contributed by atoms with E-state index in [1.165, 1.54) is 7.11 Å². The average molecular weight is 213 g/mol. The van der Waals surface area contributed by atoms with Crippen LogP contribution in [0.2, 0.25) is 0 Å². The summed E-state index contributed by atoms with van der Waals surface area (Å²) in [7, 11) is 1.54. The van der Waals surface area contributed by atoms with Crippen LogP contribution in [0, 0.1) is 12.3 Å². The van der Waals surface area contributed by atoms with Gasteiger partial charge in [-0.25, -0.2) is 4.79 Å². The van der Waals surface area contributed by atoms with Gasteiger partial charge in [0.2, 0.25) is 5.91 Å². The minimum atomic E-state index is -1.12. The maximum atomic E-state index is 11.2. The van der Waals surface area contributed by atoms with Gasteiger partial charge in [0.15, 0.2) is 0 Å². The molecule has 0 aliphatic carbocycles. The first kappa shape index (κ1) is 13.5. The molecule has 0 radical (unpaired) electrons. The van der Waals surface area contributed by atoms with Gasteiger partial charge in [0.05, 0.1) is 0 Å². The number of carbonyl (C=O) groups is 2. The van der Waals surface area contributed by atoms with Crippen molar-refractivity contribution in [2.24, 2.45) is 0 Å². The molecular formula is C10H15NO4. The monoisotopic (exact) mass is 213 g/mol. The highest BCUT2D eigenvalue weighted by atomic mass is 16.5. The minimum Gasteiger partial charge on any atom is -0.480 e. The summed E-state index contributed by atoms with van der Waals surface area (Å²) in [6.45, 7) is 0.473. The largest absolute Gasteiger partial charge is 0.480 e. The smallest absolute Gasteiger partial charge is 0.327 e. The zero-order chi connectivity index (χ0) is 11.7. The number of ether oxygens (including phenoxy) is 1. The van der Waals surface area contributed by atoms with Crippen LogP contribution in [0.5, 0.6) is 0 Å². The second kappa shape index (κ2) is 7.83. The molecule has 15 heavy (non-hydrogen) atoms. The molecule has 1 unspecified atom stereocenters. The molecular weight excluding hydrogens is 198 g/mol. The Kier molecular flexibility index (Phi) is 7.02. The summed E-state index contributed by atoms with van der Waals surface area (Å²) in [5.74, 6) is 0.760. The molecule has 0 fully saturated rings. The molecule has 0 spiro atoms. The highest BCUT2D eigenvalue weighted by molar-refractivity contribution is 5.83. The van der Waals surface area contributed by atoms with Crippen molar-refractivity contribution in [2.45, 2.75) is 25.3 Å². The quantitative estimate of drug-likeness (QED) is 0.461. The fourth-order valence-electron chi connectivity index (χ4n) is 0.961. The summed E-state index contributed by atoms with van der Waals surface area (Å²) in [6, 6.07) is -0.995. The number of methoxy groups -OCH3 is 1. The van der Waals surface area contributed by atoms with Crippen molar-refractivity contribution in [1.29, 1.82) is 0 Å². The standard InChI is InChI=1S/C10H15NO4/c1-3-5-8(10(13)14)11-9(12)6-4-7-15-2/h1,8H,4-7H2,2H3,(H,11,12)(H,13,14). The number of nitrogens with one attached hydrogen (secondary N) is 1. The first-order chi connectivity index (χ1) is 7.11. The van der Waals surface area contributed by atoms with Crippen molar-refractivity contribution in [2.75, 3.05) is 13.7 Å². The zero-order valence-corrected chi connectivity index (χ0v) is 8.66. The lowest BCUT2D eigenvalue weighted by atomic mass is 10.2. The van der Waals surface area contributed by atoms with Crippen LogP contribution < -0.4 is 5.32 Å². The number of terminal acetylenes is 1. The molecule has 0 rings (SSSR count). The molecule has 1 atom stereocenters. The van der Waals surface area contributed by atoms with E-state index < -0.39 is 12.0 Å². The van der Waals surface area contributed by atoms with E-state index in [2.05, 4.69) is 11.2 Å². The number of hydrogen-bond acceptors (Lipinski definition) is 3. The second-order valence-corrected chi connectivity index (χ2v) is 2.96. The molecule has 0 heterocycles. The fraction of sp³-hybridized carbons (Fsp3) is 0.600. The average Bonchev–Trinajstić information content (AvgIpc) is 2.17. The summed E-state index contributed by atoms with van der Waals surface area (Å²) in [5, 5.41) is 11.0. The van der Waals surface area contributed by atoms with E-state index >= 15 is 0 Å². The van der Waals surface area contributed by atoms with Gasteiger partial charge < -0.3 is 15.2 Å². The molecule has 0 saturated carbocycles. The molecule has 0 aliphatic heterocycles. The minimum absolute atomic E-state index is 0.00858. The normalized spacial score (nSPS) is 11.5. The molecule has 0 aromatic heterocycles. The lowest BCUT2D eigenvalue weighted by Gasteiger charge is -2.11. The Balaban J connectivity index is 3.90. The molecule has 0 saturated heterocycles. The lowest BCUT2D eigenvalue weighted by molar-refractivity contribution is -0.141. The second-order valence-electron chi connectivity index (χ2n) is 2.96. The van der Waals surface area contributed by atoms with Crippen molar-refractivity contribution >= 4 is 11.9 Å². The number of carbonyl (C=O) groups excluding carboxylic acids is 1. The molecule has 0 aromatic carbocycles. The van der Waals surface area contributed by atoms with E-state index in [0.717, 1.165) is 0 Å². The van der Waals surface area contributed by atoms with Gasteiger partial charge in [-0.1, -0.05) is 0 Å². The number of carboxylic acids is 1. The Morgan fingerprint density at radius 1 is 1.60 bits per heavy atom. The third kappa shape index (κ3) is 6.52. The molecule has 0 aliphatic rings. The van der Waals surface area contributed by atoms with Gasteiger partial charge in [-0.3, -0.25) is 4.79 Å². The Morgan fingerprint density at radius 2 is 2.27 bits per heavy atom. The van der Waals surface area contributed by atoms with E-state index in [-0.39, 0.29) is 18.7 Å². The SMILES string of the molecule is C#CCC(NC(=O)CCCOC)C(=O)O. The molecule has 84 valence electrons. The predicted molar refractivity (Wildman–Crippen MR) is 54.1 cm³/mol. The van der Waals surface area contributed by atoms with Gasteiger partial charge in [-0.15, -0.1) is 12.3 Å². The van der Waals surface area contributed by atoms with Crippen molar-refractivity contribution < 1.29 is 19.4 Å². The van der Waals surface area contributed by atoms with Gasteiger partial charge in [0.1, 0.15) is 6.04 Å².